The van der Waals surface area contributed by atoms with Crippen molar-refractivity contribution in [1.82, 2.24) is 14.8 Å². The van der Waals surface area contributed by atoms with Crippen LogP contribution in [0.5, 0.6) is 11.5 Å². The van der Waals surface area contributed by atoms with Crippen LogP contribution in [0.25, 0.3) is 16.6 Å². The number of para-hydroxylation sites is 1. The maximum Gasteiger partial charge on any atom is 0.273 e. The van der Waals surface area contributed by atoms with Crippen LogP contribution in [0.4, 0.5) is 0 Å². The van der Waals surface area contributed by atoms with Gasteiger partial charge in [0.15, 0.2) is 11.5 Å². The van der Waals surface area contributed by atoms with Crippen molar-refractivity contribution in [3.63, 3.8) is 0 Å². The van der Waals surface area contributed by atoms with Crippen LogP contribution < -0.4 is 9.47 Å². The number of aromatic nitrogens is 1. The molecule has 3 aromatic rings. The maximum absolute atomic E-state index is 13.0. The summed E-state index contributed by atoms with van der Waals surface area (Å²) in [6, 6.07) is 16.0. The number of hydrogen-bond acceptors (Lipinski definition) is 6. The SMILES string of the molecule is COc1cccc(-c2nc(C(=O)N3CCN(CC=Cc4ccccc4)CC3)cs2)c1OC. The van der Waals surface area contributed by atoms with E-state index in [1.165, 1.54) is 16.9 Å². The van der Waals surface area contributed by atoms with Gasteiger partial charge in [-0.05, 0) is 17.7 Å². The van der Waals surface area contributed by atoms with Crippen molar-refractivity contribution < 1.29 is 14.3 Å². The van der Waals surface area contributed by atoms with Gasteiger partial charge in [0.05, 0.1) is 19.8 Å². The summed E-state index contributed by atoms with van der Waals surface area (Å²) in [5.41, 5.74) is 2.51. The number of ether oxygens (including phenoxy) is 2. The predicted molar refractivity (Wildman–Crippen MR) is 128 cm³/mol. The van der Waals surface area contributed by atoms with E-state index in [2.05, 4.69) is 34.2 Å². The Morgan fingerprint density at radius 2 is 1.81 bits per heavy atom. The minimum atomic E-state index is -0.0196. The second-order valence-electron chi connectivity index (χ2n) is 7.48. The first-order valence-electron chi connectivity index (χ1n) is 10.6. The van der Waals surface area contributed by atoms with E-state index in [0.717, 1.165) is 30.2 Å². The van der Waals surface area contributed by atoms with E-state index >= 15 is 0 Å². The molecule has 166 valence electrons. The molecule has 0 saturated carbocycles. The van der Waals surface area contributed by atoms with Crippen LogP contribution in [-0.2, 0) is 0 Å². The highest BCUT2D eigenvalue weighted by Gasteiger charge is 2.24. The fraction of sp³-hybridized carbons (Fsp3) is 0.280. The highest BCUT2D eigenvalue weighted by Crippen LogP contribution is 2.39. The highest BCUT2D eigenvalue weighted by molar-refractivity contribution is 7.13. The Balaban J connectivity index is 1.35. The van der Waals surface area contributed by atoms with E-state index in [4.69, 9.17) is 9.47 Å². The molecule has 0 bridgehead atoms. The molecule has 7 heteroatoms. The Morgan fingerprint density at radius 1 is 1.03 bits per heavy atom. The van der Waals surface area contributed by atoms with Gasteiger partial charge in [0.2, 0.25) is 0 Å². The lowest BCUT2D eigenvalue weighted by molar-refractivity contribution is 0.0645. The molecule has 0 spiro atoms. The van der Waals surface area contributed by atoms with Crippen molar-refractivity contribution in [1.29, 1.82) is 0 Å². The Bertz CT molecular complexity index is 1070. The molecule has 0 N–H and O–H groups in total. The lowest BCUT2D eigenvalue weighted by Gasteiger charge is -2.33. The number of methoxy groups -OCH3 is 2. The summed E-state index contributed by atoms with van der Waals surface area (Å²) >= 11 is 1.44. The van der Waals surface area contributed by atoms with Crippen molar-refractivity contribution in [3.05, 3.63) is 71.2 Å². The minimum absolute atomic E-state index is 0.0196. The first-order valence-corrected chi connectivity index (χ1v) is 11.5. The lowest BCUT2D eigenvalue weighted by Crippen LogP contribution is -2.48. The number of hydrogen-bond donors (Lipinski definition) is 0. The maximum atomic E-state index is 13.0. The molecule has 4 rings (SSSR count). The van der Waals surface area contributed by atoms with Gasteiger partial charge in [-0.2, -0.15) is 0 Å². The summed E-state index contributed by atoms with van der Waals surface area (Å²) in [6.07, 6.45) is 4.32. The average molecular weight is 450 g/mol. The number of carbonyl (C=O) groups excluding carboxylic acids is 1. The van der Waals surface area contributed by atoms with Crippen molar-refractivity contribution in [2.75, 3.05) is 46.9 Å². The fourth-order valence-electron chi connectivity index (χ4n) is 3.75. The second-order valence-corrected chi connectivity index (χ2v) is 8.34. The zero-order chi connectivity index (χ0) is 22.3. The van der Waals surface area contributed by atoms with Crippen LogP contribution in [0.1, 0.15) is 16.1 Å². The van der Waals surface area contributed by atoms with E-state index in [0.29, 0.717) is 30.3 Å². The largest absolute Gasteiger partial charge is 0.493 e. The molecule has 1 aromatic heterocycles. The molecule has 0 unspecified atom stereocenters. The number of carbonyl (C=O) groups is 1. The van der Waals surface area contributed by atoms with Crippen LogP contribution in [-0.4, -0.2) is 67.6 Å². The van der Waals surface area contributed by atoms with Gasteiger partial charge >= 0.3 is 0 Å². The molecule has 1 aliphatic rings. The molecule has 1 fully saturated rings. The number of benzene rings is 2. The summed E-state index contributed by atoms with van der Waals surface area (Å²) in [5, 5.41) is 2.57. The second kappa shape index (κ2) is 10.4. The van der Waals surface area contributed by atoms with E-state index in [1.54, 1.807) is 14.2 Å². The standard InChI is InChI=1S/C25H27N3O3S/c1-30-22-12-6-11-20(23(22)31-2)24-26-21(18-32-24)25(29)28-16-14-27(15-17-28)13-7-10-19-8-4-3-5-9-19/h3-12,18H,13-17H2,1-2H3. The van der Waals surface area contributed by atoms with E-state index in [-0.39, 0.29) is 5.91 Å². The summed E-state index contributed by atoms with van der Waals surface area (Å²) in [6.45, 7) is 3.99. The predicted octanol–water partition coefficient (Wildman–Crippen LogP) is 4.30. The van der Waals surface area contributed by atoms with Gasteiger partial charge in [-0.3, -0.25) is 9.69 Å². The normalized spacial score (nSPS) is 14.6. The third-order valence-corrected chi connectivity index (χ3v) is 6.37. The van der Waals surface area contributed by atoms with Crippen molar-refractivity contribution in [2.24, 2.45) is 0 Å². The number of thiazole rings is 1. The van der Waals surface area contributed by atoms with Crippen LogP contribution in [0, 0.1) is 0 Å². The molecular weight excluding hydrogens is 422 g/mol. The summed E-state index contributed by atoms with van der Waals surface area (Å²) in [7, 11) is 3.21. The quantitative estimate of drug-likeness (QED) is 0.538. The van der Waals surface area contributed by atoms with Gasteiger partial charge in [-0.1, -0.05) is 48.6 Å². The topological polar surface area (TPSA) is 54.9 Å². The molecule has 0 atom stereocenters. The highest BCUT2D eigenvalue weighted by atomic mass is 32.1. The lowest BCUT2D eigenvalue weighted by atomic mass is 10.2. The summed E-state index contributed by atoms with van der Waals surface area (Å²) in [4.78, 5) is 21.9. The summed E-state index contributed by atoms with van der Waals surface area (Å²) in [5.74, 6) is 1.25. The summed E-state index contributed by atoms with van der Waals surface area (Å²) < 4.78 is 10.9. The Hall–Kier alpha value is -3.16. The smallest absolute Gasteiger partial charge is 0.273 e. The fourth-order valence-corrected chi connectivity index (χ4v) is 4.56. The Morgan fingerprint density at radius 3 is 2.53 bits per heavy atom. The number of nitrogens with zero attached hydrogens (tertiary/aromatic N) is 3. The number of piperazine rings is 1. The van der Waals surface area contributed by atoms with Gasteiger partial charge in [-0.15, -0.1) is 11.3 Å². The monoisotopic (exact) mass is 449 g/mol. The van der Waals surface area contributed by atoms with Crippen molar-refractivity contribution in [2.45, 2.75) is 0 Å². The first-order chi connectivity index (χ1) is 15.7. The van der Waals surface area contributed by atoms with E-state index in [1.807, 2.05) is 46.7 Å². The molecule has 2 aromatic carbocycles. The van der Waals surface area contributed by atoms with Crippen LogP contribution in [0.15, 0.2) is 60.0 Å². The molecule has 6 nitrogen and oxygen atoms in total. The van der Waals surface area contributed by atoms with Gasteiger partial charge in [0.25, 0.3) is 5.91 Å². The molecule has 1 saturated heterocycles. The van der Waals surface area contributed by atoms with Crippen molar-refractivity contribution >= 4 is 23.3 Å². The third kappa shape index (κ3) is 5.00. The minimum Gasteiger partial charge on any atom is -0.493 e. The molecular formula is C25H27N3O3S. The van der Waals surface area contributed by atoms with Gasteiger partial charge < -0.3 is 14.4 Å². The Labute approximate surface area is 192 Å². The van der Waals surface area contributed by atoms with Crippen LogP contribution >= 0.6 is 11.3 Å². The molecule has 1 aliphatic heterocycles. The Kier molecular flexibility index (Phi) is 7.19. The van der Waals surface area contributed by atoms with E-state index in [9.17, 15) is 4.79 Å². The average Bonchev–Trinajstić information content (AvgIpc) is 3.34. The number of rotatable bonds is 7. The molecule has 2 heterocycles. The van der Waals surface area contributed by atoms with E-state index < -0.39 is 0 Å². The number of amides is 1. The van der Waals surface area contributed by atoms with Crippen molar-refractivity contribution in [3.8, 4) is 22.1 Å². The van der Waals surface area contributed by atoms with Crippen LogP contribution in [0.2, 0.25) is 0 Å². The molecule has 32 heavy (non-hydrogen) atoms. The first kappa shape index (κ1) is 22.0. The van der Waals surface area contributed by atoms with Crippen LogP contribution in [0.3, 0.4) is 0 Å². The van der Waals surface area contributed by atoms with Gasteiger partial charge in [-0.25, -0.2) is 4.98 Å². The molecule has 0 radical (unpaired) electrons. The molecule has 1 amide bonds. The zero-order valence-corrected chi connectivity index (χ0v) is 19.2. The zero-order valence-electron chi connectivity index (χ0n) is 18.4. The third-order valence-electron chi connectivity index (χ3n) is 5.49. The van der Waals surface area contributed by atoms with Gasteiger partial charge in [0.1, 0.15) is 10.7 Å². The van der Waals surface area contributed by atoms with Gasteiger partial charge in [0, 0.05) is 38.1 Å². The molecule has 0 aliphatic carbocycles.